The van der Waals surface area contributed by atoms with Crippen molar-refractivity contribution in [2.75, 3.05) is 40.5 Å². The van der Waals surface area contributed by atoms with Gasteiger partial charge in [-0.15, -0.1) is 0 Å². The van der Waals surface area contributed by atoms with Crippen LogP contribution < -0.4 is 9.64 Å². The number of carbonyl (C=O) groups is 1. The minimum atomic E-state index is -2.02. The summed E-state index contributed by atoms with van der Waals surface area (Å²) in [6.07, 6.45) is 14.9. The van der Waals surface area contributed by atoms with Gasteiger partial charge in [0.1, 0.15) is 25.5 Å². The molecule has 214 valence electrons. The molecule has 0 spiro atoms. The van der Waals surface area contributed by atoms with Crippen molar-refractivity contribution in [3.8, 4) is 5.75 Å². The Morgan fingerprint density at radius 3 is 2.08 bits per heavy atom. The number of likely N-dealkylation sites (N-methyl/N-ethyl adjacent to an activating group) is 1. The van der Waals surface area contributed by atoms with Crippen LogP contribution in [0.3, 0.4) is 0 Å². The van der Waals surface area contributed by atoms with Crippen LogP contribution in [0.25, 0.3) is 0 Å². The van der Waals surface area contributed by atoms with Crippen LogP contribution >= 0.6 is 8.60 Å². The molecular weight excluding hydrogens is 489 g/mol. The Hall–Kier alpha value is -1.24. The molecule has 0 fully saturated rings. The highest BCUT2D eigenvalue weighted by Crippen LogP contribution is 2.32. The molecule has 1 aromatic carbocycles. The fourth-order valence-corrected chi connectivity index (χ4v) is 4.45. The van der Waals surface area contributed by atoms with Gasteiger partial charge in [0.25, 0.3) is 0 Å². The SMILES string of the molecule is CCCCCCCCCCCCc1ccc(OCC(COP(O)OCC[NH+](C)C)OC(=O)CCC)cc1. The Labute approximate surface area is 227 Å². The summed E-state index contributed by atoms with van der Waals surface area (Å²) in [6, 6.07) is 8.13. The first-order valence-corrected chi connectivity index (χ1v) is 15.5. The third-order valence-electron chi connectivity index (χ3n) is 6.11. The van der Waals surface area contributed by atoms with Gasteiger partial charge in [0, 0.05) is 6.42 Å². The molecule has 0 bridgehead atoms. The fourth-order valence-electron chi connectivity index (χ4n) is 3.84. The normalized spacial score (nSPS) is 13.0. The van der Waals surface area contributed by atoms with Gasteiger partial charge in [0.15, 0.2) is 6.10 Å². The molecule has 1 aromatic rings. The van der Waals surface area contributed by atoms with E-state index < -0.39 is 14.7 Å². The average molecular weight is 543 g/mol. The Morgan fingerprint density at radius 2 is 1.49 bits per heavy atom. The summed E-state index contributed by atoms with van der Waals surface area (Å²) < 4.78 is 22.1. The van der Waals surface area contributed by atoms with E-state index in [4.69, 9.17) is 18.5 Å². The fraction of sp³-hybridized carbons (Fsp3) is 0.759. The number of ether oxygens (including phenoxy) is 2. The maximum absolute atomic E-state index is 12.0. The van der Waals surface area contributed by atoms with Crippen LogP contribution in [0.5, 0.6) is 5.75 Å². The van der Waals surface area contributed by atoms with Gasteiger partial charge in [-0.05, 0) is 37.0 Å². The smallest absolute Gasteiger partial charge is 0.330 e. The predicted octanol–water partition coefficient (Wildman–Crippen LogP) is 5.64. The number of nitrogens with one attached hydrogen (secondary N) is 1. The van der Waals surface area contributed by atoms with Gasteiger partial charge >= 0.3 is 14.6 Å². The summed E-state index contributed by atoms with van der Waals surface area (Å²) in [7, 11) is 2.00. The molecule has 0 aromatic heterocycles. The first-order chi connectivity index (χ1) is 17.9. The number of hydrogen-bond acceptors (Lipinski definition) is 6. The Kier molecular flexibility index (Phi) is 20.7. The molecule has 37 heavy (non-hydrogen) atoms. The zero-order valence-corrected chi connectivity index (χ0v) is 24.7. The summed E-state index contributed by atoms with van der Waals surface area (Å²) in [5.74, 6) is 0.422. The van der Waals surface area contributed by atoms with Crippen LogP contribution in [-0.2, 0) is 25.0 Å². The molecule has 0 amide bonds. The highest BCUT2D eigenvalue weighted by molar-refractivity contribution is 7.40. The third-order valence-corrected chi connectivity index (χ3v) is 6.88. The number of rotatable bonds is 24. The largest absolute Gasteiger partial charge is 0.490 e. The lowest BCUT2D eigenvalue weighted by Gasteiger charge is -2.20. The van der Waals surface area contributed by atoms with Crippen LogP contribution in [0, 0.1) is 0 Å². The van der Waals surface area contributed by atoms with Crippen molar-refractivity contribution >= 4 is 14.6 Å². The zero-order valence-electron chi connectivity index (χ0n) is 23.8. The summed E-state index contributed by atoms with van der Waals surface area (Å²) in [6.45, 7) is 5.51. The average Bonchev–Trinajstić information content (AvgIpc) is 2.87. The van der Waals surface area contributed by atoms with E-state index in [0.717, 1.165) is 18.7 Å². The number of hydrogen-bond donors (Lipinski definition) is 2. The lowest BCUT2D eigenvalue weighted by molar-refractivity contribution is -0.858. The molecule has 0 saturated carbocycles. The quantitative estimate of drug-likeness (QED) is 0.100. The molecule has 7 nitrogen and oxygen atoms in total. The van der Waals surface area contributed by atoms with Gasteiger partial charge < -0.3 is 28.3 Å². The van der Waals surface area contributed by atoms with Crippen molar-refractivity contribution in [1.29, 1.82) is 0 Å². The summed E-state index contributed by atoms with van der Waals surface area (Å²) in [4.78, 5) is 23.2. The second-order valence-corrected chi connectivity index (χ2v) is 11.1. The molecule has 8 heteroatoms. The van der Waals surface area contributed by atoms with Gasteiger partial charge in [-0.25, -0.2) is 0 Å². The van der Waals surface area contributed by atoms with E-state index in [1.165, 1.54) is 74.7 Å². The van der Waals surface area contributed by atoms with Crippen LogP contribution in [0.1, 0.15) is 96.5 Å². The molecular formula is C29H53NO6P+. The number of aryl methyl sites for hydroxylation is 1. The first kappa shape index (κ1) is 33.8. The number of benzene rings is 1. The molecule has 0 radical (unpaired) electrons. The number of esters is 1. The van der Waals surface area contributed by atoms with E-state index in [9.17, 15) is 9.69 Å². The van der Waals surface area contributed by atoms with Crippen molar-refractivity contribution < 1.29 is 33.1 Å². The maximum atomic E-state index is 12.0. The van der Waals surface area contributed by atoms with Gasteiger partial charge in [-0.3, -0.25) is 4.79 Å². The second kappa shape index (κ2) is 22.7. The molecule has 0 aliphatic rings. The summed E-state index contributed by atoms with van der Waals surface area (Å²) >= 11 is 0. The summed E-state index contributed by atoms with van der Waals surface area (Å²) in [5.41, 5.74) is 1.31. The Morgan fingerprint density at radius 1 is 0.865 bits per heavy atom. The topological polar surface area (TPSA) is 78.7 Å². The van der Waals surface area contributed by atoms with E-state index >= 15 is 0 Å². The molecule has 0 aliphatic heterocycles. The van der Waals surface area contributed by atoms with Crippen LogP contribution in [0.4, 0.5) is 0 Å². The van der Waals surface area contributed by atoms with Crippen LogP contribution in [0.2, 0.25) is 0 Å². The van der Waals surface area contributed by atoms with Crippen LogP contribution in [-0.4, -0.2) is 57.4 Å². The molecule has 1 rings (SSSR count). The number of carbonyl (C=O) groups excluding carboxylic acids is 1. The second-order valence-electron chi connectivity index (χ2n) is 10.1. The van der Waals surface area contributed by atoms with E-state index in [2.05, 4.69) is 19.1 Å². The molecule has 0 saturated heterocycles. The minimum Gasteiger partial charge on any atom is -0.490 e. The van der Waals surface area contributed by atoms with Crippen molar-refractivity contribution in [1.82, 2.24) is 0 Å². The number of unbranched alkanes of at least 4 members (excludes halogenated alkanes) is 9. The molecule has 0 heterocycles. The van der Waals surface area contributed by atoms with E-state index in [1.54, 1.807) is 0 Å². The van der Waals surface area contributed by atoms with Crippen LogP contribution in [0.15, 0.2) is 24.3 Å². The van der Waals surface area contributed by atoms with Crippen molar-refractivity contribution in [3.63, 3.8) is 0 Å². The van der Waals surface area contributed by atoms with Gasteiger partial charge in [0.2, 0.25) is 0 Å². The van der Waals surface area contributed by atoms with Gasteiger partial charge in [-0.2, -0.15) is 0 Å². The van der Waals surface area contributed by atoms with E-state index in [1.807, 2.05) is 33.2 Å². The van der Waals surface area contributed by atoms with Crippen molar-refractivity contribution in [2.45, 2.75) is 103 Å². The van der Waals surface area contributed by atoms with Gasteiger partial charge in [0.05, 0.1) is 20.7 Å². The first-order valence-electron chi connectivity index (χ1n) is 14.4. The Balaban J connectivity index is 2.33. The molecule has 2 unspecified atom stereocenters. The molecule has 2 atom stereocenters. The monoisotopic (exact) mass is 542 g/mol. The highest BCUT2D eigenvalue weighted by Gasteiger charge is 2.19. The molecule has 2 N–H and O–H groups in total. The zero-order chi connectivity index (χ0) is 27.1. The molecule has 0 aliphatic carbocycles. The summed E-state index contributed by atoms with van der Waals surface area (Å²) in [5, 5.41) is 0. The minimum absolute atomic E-state index is 0.0172. The number of quaternary nitrogens is 1. The lowest BCUT2D eigenvalue weighted by Crippen LogP contribution is -3.06. The maximum Gasteiger partial charge on any atom is 0.330 e. The van der Waals surface area contributed by atoms with Crippen molar-refractivity contribution in [3.05, 3.63) is 29.8 Å². The standard InChI is InChI=1S/C29H52NO6P/c1-5-7-8-9-10-11-12-13-14-15-17-26-18-20-27(21-19-26)33-24-28(36-29(31)16-6-2)25-35-37(32)34-23-22-30(3)4/h18-21,28,32H,5-17,22-25H2,1-4H3/p+1. The van der Waals surface area contributed by atoms with Crippen molar-refractivity contribution in [2.24, 2.45) is 0 Å². The predicted molar refractivity (Wildman–Crippen MR) is 151 cm³/mol. The highest BCUT2D eigenvalue weighted by atomic mass is 31.2. The van der Waals surface area contributed by atoms with E-state index in [-0.39, 0.29) is 19.2 Å². The van der Waals surface area contributed by atoms with Gasteiger partial charge in [-0.1, -0.05) is 83.8 Å². The lowest BCUT2D eigenvalue weighted by atomic mass is 10.0. The third kappa shape index (κ3) is 19.5. The van der Waals surface area contributed by atoms with E-state index in [0.29, 0.717) is 19.4 Å². The Bertz CT molecular complexity index is 673.